The fourth-order valence-corrected chi connectivity index (χ4v) is 7.13. The summed E-state index contributed by atoms with van der Waals surface area (Å²) in [6.45, 7) is 3.78. The van der Waals surface area contributed by atoms with Crippen LogP contribution in [0, 0.1) is 23.7 Å². The van der Waals surface area contributed by atoms with Gasteiger partial charge in [-0.15, -0.1) is 18.7 Å². The zero-order chi connectivity index (χ0) is 29.0. The minimum Gasteiger partial charge on any atom is -0.272 e. The summed E-state index contributed by atoms with van der Waals surface area (Å²) in [7, 11) is -9.04. The van der Waals surface area contributed by atoms with Gasteiger partial charge in [-0.3, -0.25) is 19.2 Å². The van der Waals surface area contributed by atoms with Gasteiger partial charge in [-0.25, -0.2) is 0 Å². The molecule has 4 amide bonds. The predicted molar refractivity (Wildman–Crippen MR) is 135 cm³/mol. The van der Waals surface area contributed by atoms with Crippen molar-refractivity contribution in [3.05, 3.63) is 59.7 Å². The largest absolute Gasteiger partial charge is 0.318 e. The molecule has 5 rings (SSSR count). The number of hydrogen-bond acceptors (Lipinski definition) is 10. The number of fused-ring (bicyclic) bond motifs is 2. The number of carbonyl (C=O) groups is 4. The zero-order valence-electron chi connectivity index (χ0n) is 21.6. The Morgan fingerprint density at radius 2 is 0.850 bits per heavy atom. The summed E-state index contributed by atoms with van der Waals surface area (Å²) in [4.78, 5) is 51.8. The lowest BCUT2D eigenvalue weighted by molar-refractivity contribution is -0.166. The molecule has 0 radical (unpaired) electrons. The minimum absolute atomic E-state index is 0.188. The van der Waals surface area contributed by atoms with E-state index in [-0.39, 0.29) is 32.8 Å². The molecule has 0 bridgehead atoms. The molecule has 3 aliphatic rings. The molecule has 2 aromatic carbocycles. The molecule has 14 heteroatoms. The summed E-state index contributed by atoms with van der Waals surface area (Å²) in [5.74, 6) is -8.31. The van der Waals surface area contributed by atoms with Gasteiger partial charge in [0.15, 0.2) is 0 Å². The number of hydroxylamine groups is 4. The summed E-state index contributed by atoms with van der Waals surface area (Å²) < 4.78 is 60.9. The van der Waals surface area contributed by atoms with E-state index >= 15 is 0 Å². The van der Waals surface area contributed by atoms with Gasteiger partial charge in [0, 0.05) is 0 Å². The van der Waals surface area contributed by atoms with Crippen LogP contribution in [0.4, 0.5) is 0 Å². The third-order valence-electron chi connectivity index (χ3n) is 7.64. The smallest absolute Gasteiger partial charge is 0.272 e. The van der Waals surface area contributed by atoms with Gasteiger partial charge >= 0.3 is 20.2 Å². The van der Waals surface area contributed by atoms with Crippen molar-refractivity contribution in [1.29, 1.82) is 0 Å². The summed E-state index contributed by atoms with van der Waals surface area (Å²) >= 11 is 0. The SMILES string of the molecule is CCc1ccc(S(=O)(=O)ON2C(=O)C3CC4C(=O)N(OS(=O)(=O)c5ccc(CC)cc5)C(=O)C4CC3C2=O)cc1. The Morgan fingerprint density at radius 3 is 1.10 bits per heavy atom. The van der Waals surface area contributed by atoms with Crippen LogP contribution in [0.15, 0.2) is 58.3 Å². The molecular formula is C26H26N2O10S2. The van der Waals surface area contributed by atoms with Gasteiger partial charge in [-0.1, -0.05) is 38.1 Å². The van der Waals surface area contributed by atoms with Crippen LogP contribution in [-0.4, -0.2) is 50.6 Å². The number of hydrogen-bond donors (Lipinski definition) is 0. The summed E-state index contributed by atoms with van der Waals surface area (Å²) in [5.41, 5.74) is 1.75. The Morgan fingerprint density at radius 1 is 0.575 bits per heavy atom. The number of imide groups is 2. The van der Waals surface area contributed by atoms with Crippen molar-refractivity contribution in [3.8, 4) is 0 Å². The van der Waals surface area contributed by atoms with E-state index in [1.165, 1.54) is 24.3 Å². The molecule has 0 spiro atoms. The molecule has 2 aliphatic heterocycles. The Balaban J connectivity index is 1.32. The van der Waals surface area contributed by atoms with E-state index in [0.717, 1.165) is 11.1 Å². The quantitative estimate of drug-likeness (QED) is 0.414. The topological polar surface area (TPSA) is 161 Å². The number of aryl methyl sites for hydroxylation is 2. The number of carbonyl (C=O) groups excluding carboxylic acids is 4. The molecule has 2 aromatic rings. The first kappa shape index (κ1) is 28.1. The van der Waals surface area contributed by atoms with E-state index < -0.39 is 67.5 Å². The average molecular weight is 591 g/mol. The van der Waals surface area contributed by atoms with Gasteiger partial charge in [0.1, 0.15) is 0 Å². The van der Waals surface area contributed by atoms with Crippen molar-refractivity contribution < 1.29 is 44.6 Å². The lowest BCUT2D eigenvalue weighted by atomic mass is 9.70. The summed E-state index contributed by atoms with van der Waals surface area (Å²) in [6.07, 6.45) is 0.795. The molecule has 12 nitrogen and oxygen atoms in total. The molecule has 4 unspecified atom stereocenters. The second-order valence-electron chi connectivity index (χ2n) is 9.89. The van der Waals surface area contributed by atoms with Crippen molar-refractivity contribution in [2.24, 2.45) is 23.7 Å². The van der Waals surface area contributed by atoms with E-state index in [4.69, 9.17) is 8.57 Å². The zero-order valence-corrected chi connectivity index (χ0v) is 23.2. The molecular weight excluding hydrogens is 564 g/mol. The van der Waals surface area contributed by atoms with Crippen molar-refractivity contribution in [1.82, 2.24) is 10.1 Å². The number of rotatable bonds is 8. The molecule has 0 N–H and O–H groups in total. The highest BCUT2D eigenvalue weighted by molar-refractivity contribution is 7.87. The maximum atomic E-state index is 13.1. The Labute approximate surface area is 231 Å². The summed E-state index contributed by atoms with van der Waals surface area (Å²) in [5, 5.41) is 0.375. The molecule has 2 saturated heterocycles. The minimum atomic E-state index is -4.52. The van der Waals surface area contributed by atoms with Gasteiger partial charge in [0.25, 0.3) is 23.6 Å². The summed E-state index contributed by atoms with van der Waals surface area (Å²) in [6, 6.07) is 11.5. The van der Waals surface area contributed by atoms with Crippen molar-refractivity contribution >= 4 is 43.9 Å². The van der Waals surface area contributed by atoms with E-state index in [9.17, 15) is 36.0 Å². The normalized spacial score (nSPS) is 24.9. The molecule has 3 fully saturated rings. The molecule has 2 heterocycles. The van der Waals surface area contributed by atoms with E-state index in [1.807, 2.05) is 13.8 Å². The van der Waals surface area contributed by atoms with Gasteiger partial charge in [-0.2, -0.15) is 16.8 Å². The molecule has 0 aromatic heterocycles. The molecule has 1 aliphatic carbocycles. The molecule has 4 atom stereocenters. The molecule has 212 valence electrons. The van der Waals surface area contributed by atoms with Crippen molar-refractivity contribution in [3.63, 3.8) is 0 Å². The number of nitrogens with zero attached hydrogens (tertiary/aromatic N) is 2. The fraction of sp³-hybridized carbons (Fsp3) is 0.385. The second-order valence-corrected chi connectivity index (χ2v) is 12.9. The van der Waals surface area contributed by atoms with Gasteiger partial charge in [-0.05, 0) is 61.1 Å². The molecule has 1 saturated carbocycles. The Bertz CT molecular complexity index is 1440. The predicted octanol–water partition coefficient (Wildman–Crippen LogP) is 1.75. The lowest BCUT2D eigenvalue weighted by Gasteiger charge is -2.27. The van der Waals surface area contributed by atoms with Gasteiger partial charge in [0.05, 0.1) is 33.5 Å². The third kappa shape index (κ3) is 4.74. The maximum absolute atomic E-state index is 13.1. The van der Waals surface area contributed by atoms with Crippen LogP contribution in [0.1, 0.15) is 37.8 Å². The third-order valence-corrected chi connectivity index (χ3v) is 10.0. The second kappa shape index (κ2) is 10.2. The maximum Gasteiger partial charge on any atom is 0.318 e. The monoisotopic (exact) mass is 590 g/mol. The highest BCUT2D eigenvalue weighted by atomic mass is 32.2. The van der Waals surface area contributed by atoms with Crippen LogP contribution in [0.2, 0.25) is 0 Å². The highest BCUT2D eigenvalue weighted by Crippen LogP contribution is 2.48. The van der Waals surface area contributed by atoms with Gasteiger partial charge in [0.2, 0.25) is 0 Å². The van der Waals surface area contributed by atoms with Crippen LogP contribution in [0.3, 0.4) is 0 Å². The van der Waals surface area contributed by atoms with Crippen LogP contribution < -0.4 is 0 Å². The van der Waals surface area contributed by atoms with Crippen LogP contribution >= 0.6 is 0 Å². The molecule has 40 heavy (non-hydrogen) atoms. The van der Waals surface area contributed by atoms with Crippen molar-refractivity contribution in [2.75, 3.05) is 0 Å². The first-order chi connectivity index (χ1) is 18.9. The highest BCUT2D eigenvalue weighted by Gasteiger charge is 2.61. The first-order valence-corrected chi connectivity index (χ1v) is 15.5. The first-order valence-electron chi connectivity index (χ1n) is 12.7. The number of amides is 4. The fourth-order valence-electron chi connectivity index (χ4n) is 5.33. The van der Waals surface area contributed by atoms with Crippen molar-refractivity contribution in [2.45, 2.75) is 49.3 Å². The van der Waals surface area contributed by atoms with Crippen LogP contribution in [-0.2, 0) is 60.8 Å². The van der Waals surface area contributed by atoms with Crippen LogP contribution in [0.5, 0.6) is 0 Å². The van der Waals surface area contributed by atoms with E-state index in [1.54, 1.807) is 24.3 Å². The van der Waals surface area contributed by atoms with Gasteiger partial charge < -0.3 is 0 Å². The van der Waals surface area contributed by atoms with Crippen LogP contribution in [0.25, 0.3) is 0 Å². The Hall–Kier alpha value is -3.46. The Kier molecular flexibility index (Phi) is 7.15. The van der Waals surface area contributed by atoms with E-state index in [0.29, 0.717) is 12.8 Å². The number of benzene rings is 2. The standard InChI is InChI=1S/C26H26N2O10S2/c1-3-15-5-9-17(10-6-15)39(33,34)37-27-23(29)19-13-21-22(14-20(19)24(27)30)26(32)28(25(21)31)38-40(35,36)18-11-7-16(4-2)8-12-18/h5-12,19-22H,3-4,13-14H2,1-2H3. The average Bonchev–Trinajstić information content (AvgIpc) is 3.31. The van der Waals surface area contributed by atoms with E-state index in [2.05, 4.69) is 0 Å². The lowest BCUT2D eigenvalue weighted by Crippen LogP contribution is -2.35.